The summed E-state index contributed by atoms with van der Waals surface area (Å²) < 4.78 is 70.6. The number of benzene rings is 2. The number of hydrogen-bond acceptors (Lipinski definition) is 4. The van der Waals surface area contributed by atoms with Crippen molar-refractivity contribution in [3.63, 3.8) is 0 Å². The maximum atomic E-state index is 14.9. The molecule has 4 aromatic rings. The Hall–Kier alpha value is -3.66. The van der Waals surface area contributed by atoms with Crippen LogP contribution in [-0.2, 0) is 16.6 Å². The molecule has 4 rings (SSSR count). The minimum atomic E-state index is -4.57. The fourth-order valence-electron chi connectivity index (χ4n) is 3.31. The van der Waals surface area contributed by atoms with Crippen LogP contribution < -0.4 is 4.31 Å². The van der Waals surface area contributed by atoms with Crippen LogP contribution >= 0.6 is 0 Å². The molecular weight excluding hydrogens is 453 g/mol. The Labute approximate surface area is 189 Å². The first-order valence-electron chi connectivity index (χ1n) is 9.81. The van der Waals surface area contributed by atoms with Crippen molar-refractivity contribution in [2.45, 2.75) is 18.4 Å². The van der Waals surface area contributed by atoms with Gasteiger partial charge in [-0.2, -0.15) is 5.10 Å². The zero-order valence-electron chi connectivity index (χ0n) is 17.4. The number of rotatable bonds is 6. The maximum absolute atomic E-state index is 14.9. The van der Waals surface area contributed by atoms with Crippen LogP contribution in [0.15, 0.2) is 72.0 Å². The molecule has 1 radical (unpaired) electrons. The van der Waals surface area contributed by atoms with Crippen LogP contribution in [0.3, 0.4) is 0 Å². The smallest absolute Gasteiger partial charge is 0.267 e. The number of pyridine rings is 1. The lowest BCUT2D eigenvalue weighted by Crippen LogP contribution is -2.25. The van der Waals surface area contributed by atoms with Crippen molar-refractivity contribution in [3.05, 3.63) is 91.6 Å². The zero-order chi connectivity index (χ0) is 23.8. The molecule has 2 aromatic heterocycles. The molecule has 0 spiro atoms. The second kappa shape index (κ2) is 8.70. The predicted octanol–water partition coefficient (Wildman–Crippen LogP) is 5.04. The van der Waals surface area contributed by atoms with Gasteiger partial charge in [-0.05, 0) is 61.0 Å². The lowest BCUT2D eigenvalue weighted by molar-refractivity contribution is 0.553. The third-order valence-corrected chi connectivity index (χ3v) is 6.69. The molecule has 0 aliphatic rings. The Balaban J connectivity index is 1.83. The van der Waals surface area contributed by atoms with Crippen molar-refractivity contribution in [1.82, 2.24) is 14.8 Å². The van der Waals surface area contributed by atoms with Crippen molar-refractivity contribution in [2.24, 2.45) is 0 Å². The van der Waals surface area contributed by atoms with Crippen LogP contribution in [0, 0.1) is 24.5 Å². The Morgan fingerprint density at radius 2 is 1.67 bits per heavy atom. The van der Waals surface area contributed by atoms with Crippen LogP contribution in [-0.4, -0.2) is 23.2 Å². The summed E-state index contributed by atoms with van der Waals surface area (Å²) in [7, 11) is -1.07. The largest absolute Gasteiger partial charge is 0.272 e. The molecule has 0 atom stereocenters. The molecule has 0 unspecified atom stereocenters. The Morgan fingerprint density at radius 3 is 2.36 bits per heavy atom. The van der Waals surface area contributed by atoms with Crippen LogP contribution in [0.4, 0.5) is 18.9 Å². The summed E-state index contributed by atoms with van der Waals surface area (Å²) in [5.74, 6) is -2.69. The zero-order valence-corrected chi connectivity index (χ0v) is 18.2. The van der Waals surface area contributed by atoms with Gasteiger partial charge in [0.25, 0.3) is 10.0 Å². The Kier molecular flexibility index (Phi) is 5.94. The molecule has 0 saturated carbocycles. The summed E-state index contributed by atoms with van der Waals surface area (Å²) in [6, 6.07) is 9.08. The third kappa shape index (κ3) is 4.21. The molecule has 6 nitrogen and oxygen atoms in total. The number of anilines is 1. The summed E-state index contributed by atoms with van der Waals surface area (Å²) >= 11 is 0. The third-order valence-electron chi connectivity index (χ3n) is 5.03. The van der Waals surface area contributed by atoms with E-state index in [0.717, 1.165) is 17.7 Å². The molecule has 0 aliphatic carbocycles. The van der Waals surface area contributed by atoms with E-state index in [1.54, 1.807) is 35.4 Å². The van der Waals surface area contributed by atoms with E-state index in [4.69, 9.17) is 0 Å². The van der Waals surface area contributed by atoms with Gasteiger partial charge in [0.1, 0.15) is 28.0 Å². The molecule has 33 heavy (non-hydrogen) atoms. The highest BCUT2D eigenvalue weighted by Crippen LogP contribution is 2.35. The van der Waals surface area contributed by atoms with Gasteiger partial charge in [-0.3, -0.25) is 14.0 Å². The number of aryl methyl sites for hydroxylation is 1. The molecular formula is C23H18F3N4O2S. The van der Waals surface area contributed by atoms with E-state index in [-0.39, 0.29) is 16.9 Å². The van der Waals surface area contributed by atoms with Gasteiger partial charge in [0.05, 0.1) is 12.7 Å². The van der Waals surface area contributed by atoms with E-state index < -0.39 is 32.4 Å². The van der Waals surface area contributed by atoms with E-state index >= 15 is 0 Å². The van der Waals surface area contributed by atoms with Gasteiger partial charge in [0.15, 0.2) is 0 Å². The van der Waals surface area contributed by atoms with E-state index in [1.807, 2.05) is 6.92 Å². The van der Waals surface area contributed by atoms with Crippen molar-refractivity contribution < 1.29 is 21.6 Å². The van der Waals surface area contributed by atoms with Gasteiger partial charge in [-0.15, -0.1) is 0 Å². The number of halogens is 3. The summed E-state index contributed by atoms with van der Waals surface area (Å²) in [4.78, 5) is 3.11. The molecule has 0 saturated heterocycles. The van der Waals surface area contributed by atoms with Crippen LogP contribution in [0.2, 0.25) is 0 Å². The van der Waals surface area contributed by atoms with E-state index in [9.17, 15) is 21.6 Å². The van der Waals surface area contributed by atoms with Gasteiger partial charge < -0.3 is 0 Å². The normalized spacial score (nSPS) is 11.5. The average Bonchev–Trinajstić information content (AvgIpc) is 3.25. The summed E-state index contributed by atoms with van der Waals surface area (Å²) in [5.41, 5.74) is 1.61. The van der Waals surface area contributed by atoms with Gasteiger partial charge in [0.2, 0.25) is 0 Å². The number of hydrogen-bond donors (Lipinski definition) is 0. The first kappa shape index (κ1) is 22.5. The fourth-order valence-corrected chi connectivity index (χ4v) is 4.51. The van der Waals surface area contributed by atoms with Crippen molar-refractivity contribution in [1.29, 1.82) is 0 Å². The number of sulfonamides is 1. The summed E-state index contributed by atoms with van der Waals surface area (Å²) in [6.07, 6.45) is 4.93. The van der Waals surface area contributed by atoms with Gasteiger partial charge in [-0.1, -0.05) is 0 Å². The molecule has 169 valence electrons. The Morgan fingerprint density at radius 1 is 0.970 bits per heavy atom. The van der Waals surface area contributed by atoms with E-state index in [1.165, 1.54) is 12.1 Å². The highest BCUT2D eigenvalue weighted by molar-refractivity contribution is 7.92. The molecule has 0 aliphatic heterocycles. The van der Waals surface area contributed by atoms with Crippen LogP contribution in [0.25, 0.3) is 22.4 Å². The molecule has 0 bridgehead atoms. The van der Waals surface area contributed by atoms with Gasteiger partial charge >= 0.3 is 0 Å². The topological polar surface area (TPSA) is 68.1 Å². The van der Waals surface area contributed by atoms with E-state index in [2.05, 4.69) is 17.1 Å². The lowest BCUT2D eigenvalue weighted by atomic mass is 10.0. The number of aromatic nitrogens is 3. The summed E-state index contributed by atoms with van der Waals surface area (Å²) in [5, 5.41) is 4.44. The predicted molar refractivity (Wildman–Crippen MR) is 118 cm³/mol. The fraction of sp³-hybridized carbons (Fsp3) is 0.0870. The molecule has 2 heterocycles. The van der Waals surface area contributed by atoms with Gasteiger partial charge in [0, 0.05) is 36.3 Å². The van der Waals surface area contributed by atoms with Crippen molar-refractivity contribution >= 4 is 15.7 Å². The molecule has 2 aromatic carbocycles. The minimum absolute atomic E-state index is 0.0232. The first-order chi connectivity index (χ1) is 15.7. The van der Waals surface area contributed by atoms with Gasteiger partial charge in [-0.25, -0.2) is 21.6 Å². The maximum Gasteiger partial charge on any atom is 0.267 e. The highest BCUT2D eigenvalue weighted by atomic mass is 32.2. The molecule has 10 heteroatoms. The second-order valence-corrected chi connectivity index (χ2v) is 8.91. The Bertz CT molecular complexity index is 1420. The lowest BCUT2D eigenvalue weighted by Gasteiger charge is -2.20. The van der Waals surface area contributed by atoms with Crippen molar-refractivity contribution in [3.8, 4) is 22.4 Å². The van der Waals surface area contributed by atoms with Crippen LogP contribution in [0.5, 0.6) is 0 Å². The monoisotopic (exact) mass is 471 g/mol. The molecule has 0 amide bonds. The highest BCUT2D eigenvalue weighted by Gasteiger charge is 2.27. The standard InChI is InChI=1S/C23H18F3N4O2S/c1-3-30-14-19(15-8-10-27-11-9-15)23(28-30)18-13-17(5-7-20(18)25)29(2)33(31,32)22-12-16(24)4-6-21(22)26/h4-14H,2-3H2,1H3. The number of nitrogens with zero attached hydrogens (tertiary/aromatic N) is 4. The SMILES string of the molecule is [CH2]N(c1ccc(F)c(-c2nn(CC)cc2-c2ccncc2)c1)S(=O)(=O)c1cc(F)ccc1F. The van der Waals surface area contributed by atoms with E-state index in [0.29, 0.717) is 28.5 Å². The summed E-state index contributed by atoms with van der Waals surface area (Å²) in [6.45, 7) is 2.39. The van der Waals surface area contributed by atoms with Crippen LogP contribution in [0.1, 0.15) is 6.92 Å². The first-order valence-corrected chi connectivity index (χ1v) is 11.2. The quantitative estimate of drug-likeness (QED) is 0.395. The van der Waals surface area contributed by atoms with Crippen molar-refractivity contribution in [2.75, 3.05) is 4.31 Å². The molecule has 0 fully saturated rings. The second-order valence-electron chi connectivity index (χ2n) is 7.08. The molecule has 0 N–H and O–H groups in total. The average molecular weight is 471 g/mol. The minimum Gasteiger partial charge on any atom is -0.272 e.